The van der Waals surface area contributed by atoms with E-state index >= 15 is 0 Å². The highest BCUT2D eigenvalue weighted by atomic mass is 35.5. The van der Waals surface area contributed by atoms with Crippen molar-refractivity contribution in [2.24, 2.45) is 0 Å². The van der Waals surface area contributed by atoms with Gasteiger partial charge in [-0.2, -0.15) is 0 Å². The molecule has 1 N–H and O–H groups in total. The van der Waals surface area contributed by atoms with Gasteiger partial charge in [-0.3, -0.25) is 0 Å². The van der Waals surface area contributed by atoms with Crippen LogP contribution in [0.5, 0.6) is 5.75 Å². The van der Waals surface area contributed by atoms with E-state index in [0.717, 1.165) is 34.0 Å². The van der Waals surface area contributed by atoms with Crippen molar-refractivity contribution >= 4 is 28.9 Å². The molecule has 0 bridgehead atoms. The van der Waals surface area contributed by atoms with E-state index in [0.29, 0.717) is 18.2 Å². The zero-order valence-electron chi connectivity index (χ0n) is 14.6. The second-order valence-corrected chi connectivity index (χ2v) is 6.90. The number of para-hydroxylation sites is 1. The van der Waals surface area contributed by atoms with Gasteiger partial charge in [0.05, 0.1) is 0 Å². The number of ether oxygens (including phenoxy) is 1. The molecule has 134 valence electrons. The van der Waals surface area contributed by atoms with E-state index in [9.17, 15) is 0 Å². The van der Waals surface area contributed by atoms with Gasteiger partial charge in [0.2, 0.25) is 0 Å². The van der Waals surface area contributed by atoms with E-state index in [2.05, 4.69) is 30.4 Å². The summed E-state index contributed by atoms with van der Waals surface area (Å²) in [6.07, 6.45) is 0.985. The lowest BCUT2D eigenvalue weighted by Crippen LogP contribution is -2.05. The van der Waals surface area contributed by atoms with Crippen molar-refractivity contribution in [3.05, 3.63) is 93.5 Å². The zero-order valence-corrected chi connectivity index (χ0v) is 16.1. The number of nitrogens with one attached hydrogen (secondary N) is 1. The van der Waals surface area contributed by atoms with Crippen LogP contribution in [0.25, 0.3) is 0 Å². The van der Waals surface area contributed by atoms with Gasteiger partial charge >= 0.3 is 0 Å². The van der Waals surface area contributed by atoms with Crippen LogP contribution < -0.4 is 10.1 Å². The molecule has 0 aromatic heterocycles. The summed E-state index contributed by atoms with van der Waals surface area (Å²) in [6, 6.07) is 21.7. The van der Waals surface area contributed by atoms with E-state index in [-0.39, 0.29) is 0 Å². The molecule has 0 spiro atoms. The summed E-state index contributed by atoms with van der Waals surface area (Å²) in [4.78, 5) is 0. The molecule has 0 aliphatic heterocycles. The average molecular weight is 386 g/mol. The highest BCUT2D eigenvalue weighted by Gasteiger charge is 2.07. The lowest BCUT2D eigenvalue weighted by Gasteiger charge is -2.15. The molecule has 2 nitrogen and oxygen atoms in total. The molecular formula is C22H21Cl2NO. The van der Waals surface area contributed by atoms with Crippen LogP contribution in [0.3, 0.4) is 0 Å². The fourth-order valence-electron chi connectivity index (χ4n) is 2.76. The largest absolute Gasteiger partial charge is 0.489 e. The molecule has 0 unspecified atom stereocenters. The molecule has 0 aliphatic carbocycles. The maximum atomic E-state index is 6.19. The Kier molecular flexibility index (Phi) is 6.43. The normalized spacial score (nSPS) is 10.6. The number of hydrogen-bond donors (Lipinski definition) is 1. The quantitative estimate of drug-likeness (QED) is 0.485. The molecule has 3 rings (SSSR count). The molecule has 0 saturated carbocycles. The fraction of sp³-hybridized carbons (Fsp3) is 0.182. The smallest absolute Gasteiger partial charge is 0.124 e. The van der Waals surface area contributed by atoms with E-state index in [1.165, 1.54) is 5.56 Å². The Balaban J connectivity index is 1.72. The second kappa shape index (κ2) is 8.98. The molecule has 3 aromatic carbocycles. The van der Waals surface area contributed by atoms with Crippen LogP contribution in [0.4, 0.5) is 5.69 Å². The number of rotatable bonds is 7. The van der Waals surface area contributed by atoms with Crippen molar-refractivity contribution in [1.29, 1.82) is 0 Å². The van der Waals surface area contributed by atoms with Gasteiger partial charge in [-0.15, -0.1) is 0 Å². The SMILES string of the molecule is CCc1ccccc1NCc1cc(Cl)ccc1OCc1ccc(Cl)cc1. The highest BCUT2D eigenvalue weighted by molar-refractivity contribution is 6.30. The standard InChI is InChI=1S/C22H21Cl2NO/c1-2-17-5-3-4-6-21(17)25-14-18-13-20(24)11-12-22(18)26-15-16-7-9-19(23)10-8-16/h3-13,25H,2,14-15H2,1H3. The predicted octanol–water partition coefficient (Wildman–Crippen LogP) is 6.75. The maximum absolute atomic E-state index is 6.19. The molecule has 3 aromatic rings. The summed E-state index contributed by atoms with van der Waals surface area (Å²) >= 11 is 12.1. The summed E-state index contributed by atoms with van der Waals surface area (Å²) in [6.45, 7) is 3.28. The van der Waals surface area contributed by atoms with Gasteiger partial charge in [0.25, 0.3) is 0 Å². The highest BCUT2D eigenvalue weighted by Crippen LogP contribution is 2.26. The first kappa shape index (κ1) is 18.6. The second-order valence-electron chi connectivity index (χ2n) is 6.03. The van der Waals surface area contributed by atoms with Gasteiger partial charge in [0, 0.05) is 27.8 Å². The monoisotopic (exact) mass is 385 g/mol. The summed E-state index contributed by atoms with van der Waals surface area (Å²) < 4.78 is 6.02. The number of aryl methyl sites for hydroxylation is 1. The van der Waals surface area contributed by atoms with Crippen molar-refractivity contribution in [2.45, 2.75) is 26.5 Å². The molecule has 0 aliphatic rings. The molecule has 0 amide bonds. The Labute approximate surface area is 164 Å². The fourth-order valence-corrected chi connectivity index (χ4v) is 3.08. The molecular weight excluding hydrogens is 365 g/mol. The minimum Gasteiger partial charge on any atom is -0.489 e. The third-order valence-corrected chi connectivity index (χ3v) is 4.68. The third-order valence-electron chi connectivity index (χ3n) is 4.20. The number of hydrogen-bond acceptors (Lipinski definition) is 2. The van der Waals surface area contributed by atoms with Crippen LogP contribution in [0, 0.1) is 0 Å². The Morgan fingerprint density at radius 3 is 2.35 bits per heavy atom. The molecule has 0 radical (unpaired) electrons. The maximum Gasteiger partial charge on any atom is 0.124 e. The molecule has 0 atom stereocenters. The lowest BCUT2D eigenvalue weighted by molar-refractivity contribution is 0.303. The van der Waals surface area contributed by atoms with Crippen molar-refractivity contribution in [1.82, 2.24) is 0 Å². The van der Waals surface area contributed by atoms with Crippen LogP contribution in [0.1, 0.15) is 23.6 Å². The number of anilines is 1. The summed E-state index contributed by atoms with van der Waals surface area (Å²) in [7, 11) is 0. The number of halogens is 2. The Morgan fingerprint density at radius 2 is 1.58 bits per heavy atom. The van der Waals surface area contributed by atoms with Gasteiger partial charge in [0.15, 0.2) is 0 Å². The van der Waals surface area contributed by atoms with E-state index in [1.807, 2.05) is 48.5 Å². The van der Waals surface area contributed by atoms with Crippen molar-refractivity contribution < 1.29 is 4.74 Å². The van der Waals surface area contributed by atoms with Gasteiger partial charge in [-0.05, 0) is 53.9 Å². The zero-order chi connectivity index (χ0) is 18.4. The Bertz CT molecular complexity index is 862. The third kappa shape index (κ3) is 4.94. The topological polar surface area (TPSA) is 21.3 Å². The minimum absolute atomic E-state index is 0.483. The van der Waals surface area contributed by atoms with Gasteiger partial charge in [0.1, 0.15) is 12.4 Å². The van der Waals surface area contributed by atoms with Gasteiger partial charge in [-0.25, -0.2) is 0 Å². The Hall–Kier alpha value is -2.16. The lowest BCUT2D eigenvalue weighted by atomic mass is 10.1. The van der Waals surface area contributed by atoms with Crippen molar-refractivity contribution in [3.63, 3.8) is 0 Å². The van der Waals surface area contributed by atoms with E-state index in [1.54, 1.807) is 0 Å². The molecule has 26 heavy (non-hydrogen) atoms. The summed E-state index contributed by atoms with van der Waals surface area (Å²) in [5.74, 6) is 0.825. The van der Waals surface area contributed by atoms with E-state index < -0.39 is 0 Å². The van der Waals surface area contributed by atoms with Crippen LogP contribution >= 0.6 is 23.2 Å². The van der Waals surface area contributed by atoms with Crippen LogP contribution in [-0.4, -0.2) is 0 Å². The minimum atomic E-state index is 0.483. The molecule has 0 fully saturated rings. The predicted molar refractivity (Wildman–Crippen MR) is 110 cm³/mol. The van der Waals surface area contributed by atoms with Gasteiger partial charge < -0.3 is 10.1 Å². The van der Waals surface area contributed by atoms with E-state index in [4.69, 9.17) is 27.9 Å². The van der Waals surface area contributed by atoms with Crippen LogP contribution in [-0.2, 0) is 19.6 Å². The first-order chi connectivity index (χ1) is 12.7. The van der Waals surface area contributed by atoms with Crippen LogP contribution in [0.2, 0.25) is 10.0 Å². The Morgan fingerprint density at radius 1 is 0.846 bits per heavy atom. The first-order valence-corrected chi connectivity index (χ1v) is 9.38. The van der Waals surface area contributed by atoms with Crippen LogP contribution in [0.15, 0.2) is 66.7 Å². The summed E-state index contributed by atoms with van der Waals surface area (Å²) in [5.41, 5.74) is 4.52. The molecule has 0 heterocycles. The number of benzene rings is 3. The van der Waals surface area contributed by atoms with Crippen molar-refractivity contribution in [3.8, 4) is 5.75 Å². The summed E-state index contributed by atoms with van der Waals surface area (Å²) in [5, 5.41) is 4.92. The van der Waals surface area contributed by atoms with Gasteiger partial charge in [-0.1, -0.05) is 60.5 Å². The van der Waals surface area contributed by atoms with Crippen molar-refractivity contribution in [2.75, 3.05) is 5.32 Å². The first-order valence-electron chi connectivity index (χ1n) is 8.63. The molecule has 0 saturated heterocycles. The average Bonchev–Trinajstić information content (AvgIpc) is 2.67. The molecule has 4 heteroatoms.